The van der Waals surface area contributed by atoms with E-state index >= 15 is 0 Å². The SMILES string of the molecule is O=C(Nc1nc2c(c(=O)[nH]1)CCCC2)c1ccccc1. The van der Waals surface area contributed by atoms with Crippen LogP contribution in [-0.2, 0) is 12.8 Å². The van der Waals surface area contributed by atoms with Crippen LogP contribution in [0.3, 0.4) is 0 Å². The molecular formula is C15H15N3O2. The highest BCUT2D eigenvalue weighted by Crippen LogP contribution is 2.16. The van der Waals surface area contributed by atoms with Gasteiger partial charge >= 0.3 is 0 Å². The van der Waals surface area contributed by atoms with E-state index in [0.717, 1.165) is 36.9 Å². The first-order chi connectivity index (χ1) is 9.74. The van der Waals surface area contributed by atoms with E-state index in [1.54, 1.807) is 24.3 Å². The van der Waals surface area contributed by atoms with Gasteiger partial charge in [-0.05, 0) is 37.8 Å². The lowest BCUT2D eigenvalue weighted by Crippen LogP contribution is -2.24. The number of hydrogen-bond donors (Lipinski definition) is 2. The quantitative estimate of drug-likeness (QED) is 0.874. The molecular weight excluding hydrogens is 254 g/mol. The van der Waals surface area contributed by atoms with Crippen LogP contribution in [0, 0.1) is 0 Å². The van der Waals surface area contributed by atoms with Crippen LogP contribution < -0.4 is 10.9 Å². The van der Waals surface area contributed by atoms with E-state index in [0.29, 0.717) is 5.56 Å². The average Bonchev–Trinajstić information content (AvgIpc) is 2.48. The highest BCUT2D eigenvalue weighted by Gasteiger charge is 2.16. The molecule has 102 valence electrons. The highest BCUT2D eigenvalue weighted by atomic mass is 16.2. The molecule has 0 saturated heterocycles. The zero-order valence-electron chi connectivity index (χ0n) is 11.0. The third kappa shape index (κ3) is 2.47. The third-order valence-corrected chi connectivity index (χ3v) is 3.46. The van der Waals surface area contributed by atoms with Crippen molar-refractivity contribution in [2.24, 2.45) is 0 Å². The number of carbonyl (C=O) groups excluding carboxylic acids is 1. The zero-order chi connectivity index (χ0) is 13.9. The topological polar surface area (TPSA) is 74.8 Å². The summed E-state index contributed by atoms with van der Waals surface area (Å²) in [6.07, 6.45) is 3.63. The maximum absolute atomic E-state index is 12.0. The summed E-state index contributed by atoms with van der Waals surface area (Å²) in [6.45, 7) is 0. The first kappa shape index (κ1) is 12.6. The molecule has 1 aliphatic rings. The Balaban J connectivity index is 1.87. The Bertz CT molecular complexity index is 692. The predicted octanol–water partition coefficient (Wildman–Crippen LogP) is 1.90. The highest BCUT2D eigenvalue weighted by molar-refractivity contribution is 6.03. The van der Waals surface area contributed by atoms with Gasteiger partial charge in [0.25, 0.3) is 11.5 Å². The Morgan fingerprint density at radius 3 is 2.70 bits per heavy atom. The number of H-pyrrole nitrogens is 1. The van der Waals surface area contributed by atoms with E-state index in [9.17, 15) is 9.59 Å². The number of benzene rings is 1. The Labute approximate surface area is 116 Å². The van der Waals surface area contributed by atoms with Gasteiger partial charge in [-0.15, -0.1) is 0 Å². The number of nitrogens with zero attached hydrogens (tertiary/aromatic N) is 1. The molecule has 1 heterocycles. The van der Waals surface area contributed by atoms with Crippen LogP contribution in [0.5, 0.6) is 0 Å². The molecule has 0 saturated carbocycles. The number of amides is 1. The lowest BCUT2D eigenvalue weighted by atomic mass is 9.97. The van der Waals surface area contributed by atoms with Crippen molar-refractivity contribution in [1.29, 1.82) is 0 Å². The molecule has 0 bridgehead atoms. The smallest absolute Gasteiger partial charge is 0.257 e. The van der Waals surface area contributed by atoms with Crippen molar-refractivity contribution in [2.45, 2.75) is 25.7 Å². The number of fused-ring (bicyclic) bond motifs is 1. The van der Waals surface area contributed by atoms with Gasteiger partial charge in [0.1, 0.15) is 0 Å². The summed E-state index contributed by atoms with van der Waals surface area (Å²) in [7, 11) is 0. The van der Waals surface area contributed by atoms with Crippen molar-refractivity contribution in [3.05, 3.63) is 57.5 Å². The summed E-state index contributed by atoms with van der Waals surface area (Å²) >= 11 is 0. The molecule has 5 nitrogen and oxygen atoms in total. The second-order valence-corrected chi connectivity index (χ2v) is 4.87. The summed E-state index contributed by atoms with van der Waals surface area (Å²) in [4.78, 5) is 31.0. The van der Waals surface area contributed by atoms with Gasteiger partial charge in [0.2, 0.25) is 5.95 Å². The van der Waals surface area contributed by atoms with Gasteiger partial charge in [0, 0.05) is 11.1 Å². The predicted molar refractivity (Wildman–Crippen MR) is 75.9 cm³/mol. The number of aromatic amines is 1. The normalized spacial score (nSPS) is 13.6. The van der Waals surface area contributed by atoms with E-state index in [4.69, 9.17) is 0 Å². The van der Waals surface area contributed by atoms with Crippen LogP contribution in [0.15, 0.2) is 35.1 Å². The van der Waals surface area contributed by atoms with Gasteiger partial charge in [-0.1, -0.05) is 18.2 Å². The van der Waals surface area contributed by atoms with Crippen LogP contribution in [0.2, 0.25) is 0 Å². The first-order valence-corrected chi connectivity index (χ1v) is 6.72. The van der Waals surface area contributed by atoms with Crippen molar-refractivity contribution in [3.8, 4) is 0 Å². The Morgan fingerprint density at radius 1 is 1.15 bits per heavy atom. The van der Waals surface area contributed by atoms with Crippen molar-refractivity contribution in [3.63, 3.8) is 0 Å². The lowest BCUT2D eigenvalue weighted by molar-refractivity contribution is 0.102. The molecule has 1 aromatic heterocycles. The average molecular weight is 269 g/mol. The summed E-state index contributed by atoms with van der Waals surface area (Å²) < 4.78 is 0. The van der Waals surface area contributed by atoms with Crippen LogP contribution >= 0.6 is 0 Å². The maximum atomic E-state index is 12.0. The van der Waals surface area contributed by atoms with E-state index < -0.39 is 0 Å². The lowest BCUT2D eigenvalue weighted by Gasteiger charge is -2.14. The number of rotatable bonds is 2. The fraction of sp³-hybridized carbons (Fsp3) is 0.267. The van der Waals surface area contributed by atoms with Crippen LogP contribution in [0.25, 0.3) is 0 Å². The van der Waals surface area contributed by atoms with E-state index in [1.807, 2.05) is 6.07 Å². The Kier molecular flexibility index (Phi) is 3.33. The van der Waals surface area contributed by atoms with Gasteiger partial charge in [-0.2, -0.15) is 0 Å². The van der Waals surface area contributed by atoms with E-state index in [2.05, 4.69) is 15.3 Å². The fourth-order valence-electron chi connectivity index (χ4n) is 2.43. The van der Waals surface area contributed by atoms with Gasteiger partial charge < -0.3 is 0 Å². The summed E-state index contributed by atoms with van der Waals surface area (Å²) in [5.74, 6) is -0.0472. The Morgan fingerprint density at radius 2 is 1.90 bits per heavy atom. The second kappa shape index (κ2) is 5.28. The summed E-state index contributed by atoms with van der Waals surface area (Å²) in [5, 5.41) is 2.64. The number of carbonyl (C=O) groups is 1. The fourth-order valence-corrected chi connectivity index (χ4v) is 2.43. The van der Waals surface area contributed by atoms with Gasteiger partial charge in [-0.3, -0.25) is 19.9 Å². The molecule has 2 N–H and O–H groups in total. The van der Waals surface area contributed by atoms with E-state index in [1.165, 1.54) is 0 Å². The monoisotopic (exact) mass is 269 g/mol. The minimum Gasteiger partial charge on any atom is -0.292 e. The second-order valence-electron chi connectivity index (χ2n) is 4.87. The molecule has 0 spiro atoms. The molecule has 1 amide bonds. The molecule has 0 radical (unpaired) electrons. The van der Waals surface area contributed by atoms with Gasteiger partial charge in [0.05, 0.1) is 5.69 Å². The molecule has 0 aliphatic heterocycles. The molecule has 2 aromatic rings. The van der Waals surface area contributed by atoms with Crippen LogP contribution in [-0.4, -0.2) is 15.9 Å². The molecule has 0 fully saturated rings. The molecule has 1 aromatic carbocycles. The van der Waals surface area contributed by atoms with Crippen molar-refractivity contribution >= 4 is 11.9 Å². The van der Waals surface area contributed by atoms with Crippen molar-refractivity contribution < 1.29 is 4.79 Å². The molecule has 0 atom stereocenters. The standard InChI is InChI=1S/C15H15N3O2/c19-13(10-6-2-1-3-7-10)17-15-16-12-9-5-4-8-11(12)14(20)18-15/h1-3,6-7H,4-5,8-9H2,(H2,16,17,18,19,20). The van der Waals surface area contributed by atoms with Crippen LogP contribution in [0.1, 0.15) is 34.5 Å². The first-order valence-electron chi connectivity index (χ1n) is 6.72. The Hall–Kier alpha value is -2.43. The summed E-state index contributed by atoms with van der Waals surface area (Å²) in [5.41, 5.74) is 1.96. The van der Waals surface area contributed by atoms with Gasteiger partial charge in [0.15, 0.2) is 0 Å². The molecule has 20 heavy (non-hydrogen) atoms. The molecule has 3 rings (SSSR count). The number of hydrogen-bond acceptors (Lipinski definition) is 3. The minimum atomic E-state index is -0.274. The van der Waals surface area contributed by atoms with Crippen LogP contribution in [0.4, 0.5) is 5.95 Å². The number of nitrogens with one attached hydrogen (secondary N) is 2. The molecule has 5 heteroatoms. The molecule has 0 unspecified atom stereocenters. The van der Waals surface area contributed by atoms with E-state index in [-0.39, 0.29) is 17.4 Å². The molecule has 1 aliphatic carbocycles. The zero-order valence-corrected chi connectivity index (χ0v) is 11.0. The summed E-state index contributed by atoms with van der Waals surface area (Å²) in [6, 6.07) is 8.85. The van der Waals surface area contributed by atoms with Crippen molar-refractivity contribution in [2.75, 3.05) is 5.32 Å². The number of aromatic nitrogens is 2. The largest absolute Gasteiger partial charge is 0.292 e. The third-order valence-electron chi connectivity index (χ3n) is 3.46. The number of anilines is 1. The number of aryl methyl sites for hydroxylation is 1. The van der Waals surface area contributed by atoms with Crippen molar-refractivity contribution in [1.82, 2.24) is 9.97 Å². The van der Waals surface area contributed by atoms with Gasteiger partial charge in [-0.25, -0.2) is 4.98 Å². The minimum absolute atomic E-state index is 0.141. The maximum Gasteiger partial charge on any atom is 0.257 e.